The number of rotatable bonds is 2. The van der Waals surface area contributed by atoms with Crippen LogP contribution in [-0.4, -0.2) is 9.97 Å². The van der Waals surface area contributed by atoms with Crippen LogP contribution in [0.5, 0.6) is 0 Å². The normalized spacial score (nSPS) is 10.5. The van der Waals surface area contributed by atoms with Crippen molar-refractivity contribution in [2.24, 2.45) is 5.84 Å². The molecule has 2 rings (SSSR count). The first-order chi connectivity index (χ1) is 6.40. The highest BCUT2D eigenvalue weighted by Gasteiger charge is 1.96. The van der Waals surface area contributed by atoms with Gasteiger partial charge < -0.3 is 0 Å². The Hall–Kier alpha value is -1.52. The lowest BCUT2D eigenvalue weighted by Crippen LogP contribution is -2.20. The molecular formula is C9H10N4. The number of fused-ring (bicyclic) bond motifs is 1. The van der Waals surface area contributed by atoms with E-state index in [0.717, 1.165) is 16.6 Å². The highest BCUT2D eigenvalue weighted by molar-refractivity contribution is 5.74. The molecule has 0 aliphatic carbocycles. The number of benzene rings is 1. The average Bonchev–Trinajstić information content (AvgIpc) is 2.18. The van der Waals surface area contributed by atoms with E-state index in [1.165, 1.54) is 0 Å². The summed E-state index contributed by atoms with van der Waals surface area (Å²) in [6, 6.07) is 5.90. The van der Waals surface area contributed by atoms with Gasteiger partial charge in [-0.05, 0) is 17.7 Å². The van der Waals surface area contributed by atoms with Crippen LogP contribution < -0.4 is 11.3 Å². The first-order valence-corrected chi connectivity index (χ1v) is 4.03. The van der Waals surface area contributed by atoms with Crippen molar-refractivity contribution >= 4 is 11.0 Å². The number of hydrazine groups is 1. The van der Waals surface area contributed by atoms with E-state index in [2.05, 4.69) is 15.4 Å². The SMILES string of the molecule is NNCc1ccc2nccnc2c1. The Bertz CT molecular complexity index is 413. The number of nitrogens with zero attached hydrogens (tertiary/aromatic N) is 2. The van der Waals surface area contributed by atoms with E-state index >= 15 is 0 Å². The van der Waals surface area contributed by atoms with Gasteiger partial charge in [0.15, 0.2) is 0 Å². The molecule has 0 amide bonds. The van der Waals surface area contributed by atoms with Gasteiger partial charge in [0.2, 0.25) is 0 Å². The van der Waals surface area contributed by atoms with Crippen molar-refractivity contribution in [2.75, 3.05) is 0 Å². The highest BCUT2D eigenvalue weighted by Crippen LogP contribution is 2.10. The Morgan fingerprint density at radius 3 is 2.69 bits per heavy atom. The van der Waals surface area contributed by atoms with Crippen LogP contribution in [0.1, 0.15) is 5.56 Å². The predicted molar refractivity (Wildman–Crippen MR) is 50.6 cm³/mol. The molecule has 0 atom stereocenters. The van der Waals surface area contributed by atoms with E-state index in [9.17, 15) is 0 Å². The van der Waals surface area contributed by atoms with Gasteiger partial charge in [0.05, 0.1) is 11.0 Å². The third-order valence-corrected chi connectivity index (χ3v) is 1.84. The molecule has 0 saturated carbocycles. The molecule has 0 spiro atoms. The lowest BCUT2D eigenvalue weighted by Gasteiger charge is -2.00. The summed E-state index contributed by atoms with van der Waals surface area (Å²) < 4.78 is 0. The van der Waals surface area contributed by atoms with Gasteiger partial charge in [-0.25, -0.2) is 0 Å². The summed E-state index contributed by atoms with van der Waals surface area (Å²) in [6.07, 6.45) is 3.37. The molecule has 0 unspecified atom stereocenters. The standard InChI is InChI=1S/C9H10N4/c10-13-6-7-1-2-8-9(5-7)12-4-3-11-8/h1-5,13H,6,10H2. The van der Waals surface area contributed by atoms with E-state index in [1.807, 2.05) is 18.2 Å². The zero-order valence-corrected chi connectivity index (χ0v) is 7.07. The fourth-order valence-electron chi connectivity index (χ4n) is 1.24. The zero-order chi connectivity index (χ0) is 9.10. The summed E-state index contributed by atoms with van der Waals surface area (Å²) in [5, 5.41) is 0. The first-order valence-electron chi connectivity index (χ1n) is 4.03. The van der Waals surface area contributed by atoms with Crippen LogP contribution in [0.3, 0.4) is 0 Å². The van der Waals surface area contributed by atoms with E-state index in [0.29, 0.717) is 6.54 Å². The van der Waals surface area contributed by atoms with Crippen LogP contribution in [0.2, 0.25) is 0 Å². The third kappa shape index (κ3) is 1.63. The first kappa shape index (κ1) is 8.10. The molecule has 0 fully saturated rings. The summed E-state index contributed by atoms with van der Waals surface area (Å²) in [6.45, 7) is 0.645. The van der Waals surface area contributed by atoms with Gasteiger partial charge in [-0.1, -0.05) is 6.07 Å². The molecule has 1 aromatic carbocycles. The van der Waals surface area contributed by atoms with Gasteiger partial charge >= 0.3 is 0 Å². The monoisotopic (exact) mass is 174 g/mol. The Balaban J connectivity index is 2.49. The molecule has 66 valence electrons. The molecule has 1 heterocycles. The lowest BCUT2D eigenvalue weighted by atomic mass is 10.2. The van der Waals surface area contributed by atoms with Crippen molar-refractivity contribution in [2.45, 2.75) is 6.54 Å². The molecule has 1 aromatic heterocycles. The molecule has 0 aliphatic heterocycles. The molecule has 0 radical (unpaired) electrons. The summed E-state index contributed by atoms with van der Waals surface area (Å²) in [5.41, 5.74) is 5.51. The van der Waals surface area contributed by atoms with Crippen molar-refractivity contribution in [3.8, 4) is 0 Å². The van der Waals surface area contributed by atoms with Gasteiger partial charge in [-0.3, -0.25) is 21.2 Å². The quantitative estimate of drug-likeness (QED) is 0.516. The van der Waals surface area contributed by atoms with Crippen LogP contribution >= 0.6 is 0 Å². The Kier molecular flexibility index (Phi) is 2.16. The van der Waals surface area contributed by atoms with Crippen molar-refractivity contribution < 1.29 is 0 Å². The maximum Gasteiger partial charge on any atom is 0.0890 e. The van der Waals surface area contributed by atoms with Crippen molar-refractivity contribution in [3.63, 3.8) is 0 Å². The third-order valence-electron chi connectivity index (χ3n) is 1.84. The molecule has 2 aromatic rings. The summed E-state index contributed by atoms with van der Waals surface area (Å²) in [7, 11) is 0. The smallest absolute Gasteiger partial charge is 0.0890 e. The number of hydrogen-bond donors (Lipinski definition) is 2. The van der Waals surface area contributed by atoms with Crippen LogP contribution in [0.4, 0.5) is 0 Å². The van der Waals surface area contributed by atoms with Crippen LogP contribution in [0.15, 0.2) is 30.6 Å². The average molecular weight is 174 g/mol. The molecule has 3 N–H and O–H groups in total. The van der Waals surface area contributed by atoms with Gasteiger partial charge in [0.1, 0.15) is 0 Å². The Labute approximate surface area is 75.8 Å². The number of nitrogens with two attached hydrogens (primary N) is 1. The summed E-state index contributed by atoms with van der Waals surface area (Å²) >= 11 is 0. The molecule has 0 aliphatic rings. The van der Waals surface area contributed by atoms with Gasteiger partial charge in [0.25, 0.3) is 0 Å². The van der Waals surface area contributed by atoms with Crippen molar-refractivity contribution in [1.82, 2.24) is 15.4 Å². The molecule has 13 heavy (non-hydrogen) atoms. The molecule has 0 bridgehead atoms. The second kappa shape index (κ2) is 3.47. The predicted octanol–water partition coefficient (Wildman–Crippen LogP) is 0.593. The van der Waals surface area contributed by atoms with Gasteiger partial charge in [0, 0.05) is 18.9 Å². The number of aromatic nitrogens is 2. The maximum absolute atomic E-state index is 5.22. The Morgan fingerprint density at radius 2 is 1.92 bits per heavy atom. The fourth-order valence-corrected chi connectivity index (χ4v) is 1.24. The minimum atomic E-state index is 0.645. The summed E-state index contributed by atoms with van der Waals surface area (Å²) in [5.74, 6) is 5.22. The molecule has 4 heteroatoms. The largest absolute Gasteiger partial charge is 0.271 e. The van der Waals surface area contributed by atoms with E-state index in [4.69, 9.17) is 5.84 Å². The van der Waals surface area contributed by atoms with Gasteiger partial charge in [-0.2, -0.15) is 0 Å². The van der Waals surface area contributed by atoms with E-state index in [1.54, 1.807) is 12.4 Å². The lowest BCUT2D eigenvalue weighted by molar-refractivity contribution is 0.742. The van der Waals surface area contributed by atoms with Crippen molar-refractivity contribution in [3.05, 3.63) is 36.2 Å². The van der Waals surface area contributed by atoms with E-state index < -0.39 is 0 Å². The maximum atomic E-state index is 5.22. The highest BCUT2D eigenvalue weighted by atomic mass is 15.2. The van der Waals surface area contributed by atoms with Gasteiger partial charge in [-0.15, -0.1) is 0 Å². The topological polar surface area (TPSA) is 63.8 Å². The van der Waals surface area contributed by atoms with E-state index in [-0.39, 0.29) is 0 Å². The second-order valence-electron chi connectivity index (χ2n) is 2.76. The number of nitrogens with one attached hydrogen (secondary N) is 1. The zero-order valence-electron chi connectivity index (χ0n) is 7.07. The number of hydrogen-bond acceptors (Lipinski definition) is 4. The summed E-state index contributed by atoms with van der Waals surface area (Å²) in [4.78, 5) is 8.36. The molecule has 0 saturated heterocycles. The minimum absolute atomic E-state index is 0.645. The van der Waals surface area contributed by atoms with Crippen LogP contribution in [0.25, 0.3) is 11.0 Å². The van der Waals surface area contributed by atoms with Crippen LogP contribution in [0, 0.1) is 0 Å². The van der Waals surface area contributed by atoms with Crippen LogP contribution in [-0.2, 0) is 6.54 Å². The molecular weight excluding hydrogens is 164 g/mol. The van der Waals surface area contributed by atoms with Crippen molar-refractivity contribution in [1.29, 1.82) is 0 Å². The molecule has 4 nitrogen and oxygen atoms in total. The minimum Gasteiger partial charge on any atom is -0.271 e. The Morgan fingerprint density at radius 1 is 1.15 bits per heavy atom. The second-order valence-corrected chi connectivity index (χ2v) is 2.76. The fraction of sp³-hybridized carbons (Fsp3) is 0.111.